The van der Waals surface area contributed by atoms with Crippen LogP contribution in [-0.4, -0.2) is 40.9 Å². The molecule has 0 spiro atoms. The first-order valence-corrected chi connectivity index (χ1v) is 8.67. The first-order chi connectivity index (χ1) is 11.9. The van der Waals surface area contributed by atoms with Crippen LogP contribution >= 0.6 is 0 Å². The first-order valence-electron chi connectivity index (χ1n) is 8.67. The summed E-state index contributed by atoms with van der Waals surface area (Å²) in [6.07, 6.45) is 1.72. The van der Waals surface area contributed by atoms with Crippen LogP contribution in [0.2, 0.25) is 0 Å². The Morgan fingerprint density at radius 1 is 1.28 bits per heavy atom. The number of aryl methyl sites for hydroxylation is 1. The predicted octanol–water partition coefficient (Wildman–Crippen LogP) is 1.13. The third kappa shape index (κ3) is 4.19. The number of aromatic nitrogens is 2. The van der Waals surface area contributed by atoms with Gasteiger partial charge in [-0.1, -0.05) is 13.8 Å². The van der Waals surface area contributed by atoms with Crippen molar-refractivity contribution < 1.29 is 19.0 Å². The Bertz CT molecular complexity index is 710. The quantitative estimate of drug-likeness (QED) is 0.737. The van der Waals surface area contributed by atoms with Crippen molar-refractivity contribution in [2.75, 3.05) is 13.2 Å². The summed E-state index contributed by atoms with van der Waals surface area (Å²) >= 11 is 0. The van der Waals surface area contributed by atoms with Crippen LogP contribution < -0.4 is 11.2 Å². The highest BCUT2D eigenvalue weighted by Crippen LogP contribution is 2.38. The van der Waals surface area contributed by atoms with Gasteiger partial charge in [0, 0.05) is 17.7 Å². The van der Waals surface area contributed by atoms with Crippen LogP contribution in [0.5, 0.6) is 0 Å². The summed E-state index contributed by atoms with van der Waals surface area (Å²) < 4.78 is 18.1. The van der Waals surface area contributed by atoms with Crippen molar-refractivity contribution in [1.82, 2.24) is 9.55 Å². The number of rotatable bonds is 7. The molecule has 1 aromatic rings. The molecule has 2 rings (SSSR count). The molecule has 0 aliphatic carbocycles. The number of ether oxygens (including phenoxy) is 3. The molecule has 25 heavy (non-hydrogen) atoms. The second-order valence-electron chi connectivity index (χ2n) is 6.10. The average molecular weight is 354 g/mol. The van der Waals surface area contributed by atoms with E-state index in [1.54, 1.807) is 13.8 Å². The fourth-order valence-corrected chi connectivity index (χ4v) is 3.25. The molecule has 1 saturated heterocycles. The molecule has 0 amide bonds. The Hall–Kier alpha value is -1.93. The molecule has 1 aliphatic heterocycles. The molecule has 0 saturated carbocycles. The van der Waals surface area contributed by atoms with Crippen molar-refractivity contribution in [2.24, 2.45) is 5.92 Å². The lowest BCUT2D eigenvalue weighted by Gasteiger charge is -2.24. The SMILES string of the molecule is CCOC(=O)CO[C@H]1C(CC)[C@@H](CC)O[C@H]1n1cc(C)c(=O)[nH]c1=O. The van der Waals surface area contributed by atoms with E-state index in [2.05, 4.69) is 4.98 Å². The lowest BCUT2D eigenvalue weighted by molar-refractivity contribution is -0.154. The van der Waals surface area contributed by atoms with Crippen LogP contribution in [-0.2, 0) is 19.0 Å². The molecule has 4 atom stereocenters. The molecule has 8 heteroatoms. The highest BCUT2D eigenvalue weighted by atomic mass is 16.6. The number of esters is 1. The number of carbonyl (C=O) groups excluding carboxylic acids is 1. The molecule has 1 unspecified atom stereocenters. The molecule has 1 aromatic heterocycles. The summed E-state index contributed by atoms with van der Waals surface area (Å²) in [4.78, 5) is 37.8. The molecule has 1 aliphatic rings. The Balaban J connectivity index is 2.32. The molecule has 1 fully saturated rings. The molecule has 0 radical (unpaired) electrons. The molecular formula is C17H26N2O6. The fourth-order valence-electron chi connectivity index (χ4n) is 3.25. The van der Waals surface area contributed by atoms with Crippen LogP contribution in [0, 0.1) is 12.8 Å². The van der Waals surface area contributed by atoms with E-state index in [0.29, 0.717) is 5.56 Å². The van der Waals surface area contributed by atoms with Crippen molar-refractivity contribution in [2.45, 2.75) is 59.0 Å². The number of nitrogens with zero attached hydrogens (tertiary/aromatic N) is 1. The van der Waals surface area contributed by atoms with Gasteiger partial charge in [0.15, 0.2) is 6.23 Å². The summed E-state index contributed by atoms with van der Waals surface area (Å²) in [5.74, 6) is -0.426. The average Bonchev–Trinajstić information content (AvgIpc) is 2.94. The zero-order valence-electron chi connectivity index (χ0n) is 15.1. The van der Waals surface area contributed by atoms with Gasteiger partial charge in [-0.3, -0.25) is 14.3 Å². The number of H-pyrrole nitrogens is 1. The zero-order valence-corrected chi connectivity index (χ0v) is 15.1. The van der Waals surface area contributed by atoms with Gasteiger partial charge in [0.2, 0.25) is 0 Å². The number of nitrogens with one attached hydrogen (secondary N) is 1. The maximum Gasteiger partial charge on any atom is 0.332 e. The Morgan fingerprint density at radius 3 is 2.60 bits per heavy atom. The van der Waals surface area contributed by atoms with E-state index in [0.717, 1.165) is 12.8 Å². The van der Waals surface area contributed by atoms with E-state index in [4.69, 9.17) is 14.2 Å². The number of hydrogen-bond acceptors (Lipinski definition) is 6. The molecular weight excluding hydrogens is 328 g/mol. The smallest absolute Gasteiger partial charge is 0.332 e. The third-order valence-corrected chi connectivity index (χ3v) is 4.49. The maximum atomic E-state index is 12.2. The topological polar surface area (TPSA) is 99.6 Å². The number of carbonyl (C=O) groups is 1. The van der Waals surface area contributed by atoms with Gasteiger partial charge in [0.25, 0.3) is 5.56 Å². The minimum atomic E-state index is -0.702. The van der Waals surface area contributed by atoms with Crippen LogP contribution in [0.25, 0.3) is 0 Å². The highest BCUT2D eigenvalue weighted by molar-refractivity contribution is 5.70. The largest absolute Gasteiger partial charge is 0.464 e. The van der Waals surface area contributed by atoms with Crippen LogP contribution in [0.3, 0.4) is 0 Å². The van der Waals surface area contributed by atoms with Crippen molar-refractivity contribution >= 4 is 5.97 Å². The van der Waals surface area contributed by atoms with E-state index < -0.39 is 29.6 Å². The summed E-state index contributed by atoms with van der Waals surface area (Å²) in [6, 6.07) is 0. The van der Waals surface area contributed by atoms with Crippen molar-refractivity contribution in [1.29, 1.82) is 0 Å². The minimum absolute atomic E-state index is 0.0311. The Kier molecular flexibility index (Phi) is 6.55. The summed E-state index contributed by atoms with van der Waals surface area (Å²) in [5, 5.41) is 0. The second-order valence-corrected chi connectivity index (χ2v) is 6.10. The van der Waals surface area contributed by atoms with E-state index in [1.165, 1.54) is 10.8 Å². The molecule has 140 valence electrons. The summed E-state index contributed by atoms with van der Waals surface area (Å²) in [6.45, 7) is 7.43. The summed E-state index contributed by atoms with van der Waals surface area (Å²) in [5.41, 5.74) is -0.584. The van der Waals surface area contributed by atoms with Crippen molar-refractivity contribution in [3.05, 3.63) is 32.6 Å². The minimum Gasteiger partial charge on any atom is -0.464 e. The molecule has 1 N–H and O–H groups in total. The van der Waals surface area contributed by atoms with Gasteiger partial charge in [-0.25, -0.2) is 9.59 Å². The van der Waals surface area contributed by atoms with Gasteiger partial charge < -0.3 is 14.2 Å². The van der Waals surface area contributed by atoms with Crippen LogP contribution in [0.4, 0.5) is 0 Å². The van der Waals surface area contributed by atoms with Crippen LogP contribution in [0.15, 0.2) is 15.8 Å². The zero-order chi connectivity index (χ0) is 18.6. The van der Waals surface area contributed by atoms with Gasteiger partial charge in [-0.05, 0) is 26.7 Å². The molecule has 0 aromatic carbocycles. The van der Waals surface area contributed by atoms with E-state index in [-0.39, 0.29) is 25.2 Å². The molecule has 2 heterocycles. The molecule has 8 nitrogen and oxygen atoms in total. The van der Waals surface area contributed by atoms with Crippen molar-refractivity contribution in [3.8, 4) is 0 Å². The highest BCUT2D eigenvalue weighted by Gasteiger charge is 2.45. The lowest BCUT2D eigenvalue weighted by atomic mass is 9.93. The monoisotopic (exact) mass is 354 g/mol. The van der Waals surface area contributed by atoms with Crippen LogP contribution in [0.1, 0.15) is 45.4 Å². The lowest BCUT2D eigenvalue weighted by Crippen LogP contribution is -2.39. The normalized spacial score (nSPS) is 25.9. The number of hydrogen-bond donors (Lipinski definition) is 1. The van der Waals surface area contributed by atoms with Gasteiger partial charge in [-0.2, -0.15) is 0 Å². The molecule has 0 bridgehead atoms. The van der Waals surface area contributed by atoms with Crippen molar-refractivity contribution in [3.63, 3.8) is 0 Å². The Morgan fingerprint density at radius 2 is 2.00 bits per heavy atom. The number of aromatic amines is 1. The van der Waals surface area contributed by atoms with Gasteiger partial charge >= 0.3 is 11.7 Å². The van der Waals surface area contributed by atoms with E-state index in [1.807, 2.05) is 13.8 Å². The Labute approximate surface area is 146 Å². The standard InChI is InChI=1S/C17H26N2O6/c1-5-11-12(6-2)25-16(14(11)24-9-13(20)23-7-3)19-8-10(4)15(21)18-17(19)22/h8,11-12,14,16H,5-7,9H2,1-4H3,(H,18,21,22)/t11?,12-,14+,16-/m1/s1. The predicted molar refractivity (Wildman–Crippen MR) is 90.4 cm³/mol. The third-order valence-electron chi connectivity index (χ3n) is 4.49. The van der Waals surface area contributed by atoms with E-state index >= 15 is 0 Å². The van der Waals surface area contributed by atoms with Gasteiger partial charge in [0.1, 0.15) is 12.7 Å². The maximum absolute atomic E-state index is 12.2. The van der Waals surface area contributed by atoms with E-state index in [9.17, 15) is 14.4 Å². The second kappa shape index (κ2) is 8.44. The summed E-state index contributed by atoms with van der Waals surface area (Å²) in [7, 11) is 0. The van der Waals surface area contributed by atoms with Gasteiger partial charge in [-0.15, -0.1) is 0 Å². The fraction of sp³-hybridized carbons (Fsp3) is 0.706. The van der Waals surface area contributed by atoms with Gasteiger partial charge in [0.05, 0.1) is 12.7 Å². The first kappa shape index (κ1) is 19.4.